The number of benzene rings is 1. The van der Waals surface area contributed by atoms with Crippen LogP contribution in [0.25, 0.3) is 0 Å². The number of rotatable bonds is 5. The van der Waals surface area contributed by atoms with Crippen LogP contribution in [0.1, 0.15) is 37.9 Å². The Morgan fingerprint density at radius 1 is 1.22 bits per heavy atom. The van der Waals surface area contributed by atoms with Crippen molar-refractivity contribution in [3.63, 3.8) is 0 Å². The van der Waals surface area contributed by atoms with Crippen LogP contribution >= 0.6 is 0 Å². The first kappa shape index (κ1) is 19.3. The zero-order chi connectivity index (χ0) is 17.8. The number of nitrogens with zero attached hydrogens (tertiary/aromatic N) is 1. The van der Waals surface area contributed by atoms with E-state index >= 15 is 0 Å². The van der Waals surface area contributed by atoms with Gasteiger partial charge in [-0.05, 0) is 30.5 Å². The molecule has 0 aliphatic carbocycles. The van der Waals surface area contributed by atoms with Gasteiger partial charge in [-0.1, -0.05) is 26.0 Å². The maximum absolute atomic E-state index is 12.6. The van der Waals surface area contributed by atoms with Crippen molar-refractivity contribution in [2.75, 3.05) is 13.6 Å². The summed E-state index contributed by atoms with van der Waals surface area (Å²) in [7, 11) is 1.55. The van der Waals surface area contributed by atoms with Crippen molar-refractivity contribution in [3.05, 3.63) is 35.4 Å². The topological polar surface area (TPSA) is 52.6 Å². The molecule has 0 spiro atoms. The van der Waals surface area contributed by atoms with E-state index in [0.717, 1.165) is 12.1 Å². The number of aliphatic hydroxyl groups excluding tert-OH is 1. The molecule has 0 radical (unpaired) electrons. The molecule has 1 aromatic rings. The highest BCUT2D eigenvalue weighted by atomic mass is 19.4. The summed E-state index contributed by atoms with van der Waals surface area (Å²) in [6.45, 7) is 5.48. The highest BCUT2D eigenvalue weighted by Crippen LogP contribution is 2.31. The van der Waals surface area contributed by atoms with E-state index in [9.17, 15) is 23.1 Å². The van der Waals surface area contributed by atoms with Gasteiger partial charge in [0.25, 0.3) is 0 Å². The van der Waals surface area contributed by atoms with Crippen LogP contribution in [0.15, 0.2) is 24.3 Å². The molecule has 1 aromatic carbocycles. The van der Waals surface area contributed by atoms with Crippen molar-refractivity contribution in [1.29, 1.82) is 0 Å². The highest BCUT2D eigenvalue weighted by molar-refractivity contribution is 5.74. The Hall–Kier alpha value is -1.76. The van der Waals surface area contributed by atoms with Crippen molar-refractivity contribution in [2.24, 2.45) is 5.92 Å². The Bertz CT molecular complexity index is 513. The minimum absolute atomic E-state index is 0.00404. The van der Waals surface area contributed by atoms with Gasteiger partial charge < -0.3 is 15.3 Å². The lowest BCUT2D eigenvalue weighted by Crippen LogP contribution is -2.43. The van der Waals surface area contributed by atoms with Crippen LogP contribution in [-0.4, -0.2) is 35.7 Å². The van der Waals surface area contributed by atoms with E-state index in [4.69, 9.17) is 0 Å². The summed E-state index contributed by atoms with van der Waals surface area (Å²) < 4.78 is 37.8. The number of hydrogen-bond donors (Lipinski definition) is 2. The Morgan fingerprint density at radius 2 is 1.74 bits per heavy atom. The molecular formula is C16H23F3N2O2. The zero-order valence-corrected chi connectivity index (χ0v) is 13.7. The quantitative estimate of drug-likeness (QED) is 0.868. The lowest BCUT2D eigenvalue weighted by atomic mass is 9.95. The summed E-state index contributed by atoms with van der Waals surface area (Å²) in [5.74, 6) is -0.00404. The van der Waals surface area contributed by atoms with Crippen molar-refractivity contribution in [3.8, 4) is 0 Å². The molecule has 2 amide bonds. The molecule has 23 heavy (non-hydrogen) atoms. The fourth-order valence-electron chi connectivity index (χ4n) is 2.24. The average molecular weight is 332 g/mol. The number of amides is 2. The van der Waals surface area contributed by atoms with E-state index in [-0.39, 0.29) is 18.5 Å². The van der Waals surface area contributed by atoms with E-state index in [2.05, 4.69) is 5.32 Å². The maximum atomic E-state index is 12.6. The van der Waals surface area contributed by atoms with Crippen LogP contribution < -0.4 is 5.32 Å². The van der Waals surface area contributed by atoms with Gasteiger partial charge in [-0.3, -0.25) is 0 Å². The number of likely N-dealkylation sites (N-methyl/N-ethyl adjacent to an activating group) is 1. The summed E-state index contributed by atoms with van der Waals surface area (Å²) in [5, 5.41) is 12.1. The third-order valence-corrected chi connectivity index (χ3v) is 3.43. The van der Waals surface area contributed by atoms with Crippen molar-refractivity contribution in [1.82, 2.24) is 10.2 Å². The number of carbonyl (C=O) groups excluding carboxylic acids is 1. The molecular weight excluding hydrogens is 309 g/mol. The molecule has 0 saturated heterocycles. The number of carbonyl (C=O) groups is 1. The largest absolute Gasteiger partial charge is 0.416 e. The first-order valence-electron chi connectivity index (χ1n) is 7.39. The van der Waals surface area contributed by atoms with Gasteiger partial charge in [-0.15, -0.1) is 0 Å². The second-order valence-electron chi connectivity index (χ2n) is 6.02. The molecule has 4 nitrogen and oxygen atoms in total. The van der Waals surface area contributed by atoms with Crippen molar-refractivity contribution in [2.45, 2.75) is 39.1 Å². The predicted molar refractivity (Wildman–Crippen MR) is 81.9 cm³/mol. The number of urea groups is 1. The van der Waals surface area contributed by atoms with Crippen LogP contribution in [0.4, 0.5) is 18.0 Å². The zero-order valence-electron chi connectivity index (χ0n) is 13.7. The standard InChI is InChI=1S/C16H23F3N2O2/c1-10(2)14(20-15(23)21(4)9-11(3)22)12-5-7-13(8-6-12)16(17,18)19/h5-8,10-11,14,22H,9H2,1-4H3,(H,20,23). The molecule has 2 N–H and O–H groups in total. The van der Waals surface area contributed by atoms with Crippen LogP contribution in [0, 0.1) is 5.92 Å². The SMILES string of the molecule is CC(O)CN(C)C(=O)NC(c1ccc(C(F)(F)F)cc1)C(C)C. The fraction of sp³-hybridized carbons (Fsp3) is 0.562. The smallest absolute Gasteiger partial charge is 0.392 e. The lowest BCUT2D eigenvalue weighted by molar-refractivity contribution is -0.137. The van der Waals surface area contributed by atoms with E-state index in [0.29, 0.717) is 5.56 Å². The van der Waals surface area contributed by atoms with Crippen LogP contribution in [0.2, 0.25) is 0 Å². The van der Waals surface area contributed by atoms with Crippen molar-refractivity contribution < 1.29 is 23.1 Å². The first-order chi connectivity index (χ1) is 10.5. The Morgan fingerprint density at radius 3 is 2.13 bits per heavy atom. The molecule has 0 aromatic heterocycles. The van der Waals surface area contributed by atoms with Gasteiger partial charge in [-0.25, -0.2) is 4.79 Å². The molecule has 0 saturated carbocycles. The van der Waals surface area contributed by atoms with Gasteiger partial charge >= 0.3 is 12.2 Å². The summed E-state index contributed by atoms with van der Waals surface area (Å²) in [5.41, 5.74) is -0.117. The Balaban J connectivity index is 2.89. The third-order valence-electron chi connectivity index (χ3n) is 3.43. The van der Waals surface area contributed by atoms with Gasteiger partial charge in [0.2, 0.25) is 0 Å². The molecule has 130 valence electrons. The fourth-order valence-corrected chi connectivity index (χ4v) is 2.24. The number of nitrogens with one attached hydrogen (secondary N) is 1. The van der Waals surface area contributed by atoms with Crippen LogP contribution in [0.3, 0.4) is 0 Å². The minimum Gasteiger partial charge on any atom is -0.392 e. The highest BCUT2D eigenvalue weighted by Gasteiger charge is 2.30. The number of hydrogen-bond acceptors (Lipinski definition) is 2. The van der Waals surface area contributed by atoms with Gasteiger partial charge in [-0.2, -0.15) is 13.2 Å². The van der Waals surface area contributed by atoms with Crippen LogP contribution in [0.5, 0.6) is 0 Å². The normalized spacial score (nSPS) is 14.5. The summed E-state index contributed by atoms with van der Waals surface area (Å²) in [6, 6.07) is 3.98. The maximum Gasteiger partial charge on any atom is 0.416 e. The molecule has 0 aliphatic heterocycles. The van der Waals surface area contributed by atoms with Crippen LogP contribution in [-0.2, 0) is 6.18 Å². The van der Waals surface area contributed by atoms with E-state index in [1.807, 2.05) is 13.8 Å². The predicted octanol–water partition coefficient (Wildman–Crippen LogP) is 3.42. The lowest BCUT2D eigenvalue weighted by Gasteiger charge is -2.27. The van der Waals surface area contributed by atoms with Gasteiger partial charge in [0.1, 0.15) is 0 Å². The van der Waals surface area contributed by atoms with E-state index in [1.165, 1.54) is 17.0 Å². The van der Waals surface area contributed by atoms with Gasteiger partial charge in [0.05, 0.1) is 17.7 Å². The van der Waals surface area contributed by atoms with Gasteiger partial charge in [0, 0.05) is 13.6 Å². The summed E-state index contributed by atoms with van der Waals surface area (Å²) in [4.78, 5) is 13.5. The molecule has 2 atom stereocenters. The summed E-state index contributed by atoms with van der Waals surface area (Å²) in [6.07, 6.45) is -5.04. The second kappa shape index (κ2) is 7.68. The second-order valence-corrected chi connectivity index (χ2v) is 6.02. The first-order valence-corrected chi connectivity index (χ1v) is 7.39. The third kappa shape index (κ3) is 5.74. The minimum atomic E-state index is -4.38. The van der Waals surface area contributed by atoms with Gasteiger partial charge in [0.15, 0.2) is 0 Å². The van der Waals surface area contributed by atoms with E-state index < -0.39 is 23.9 Å². The Kier molecular flexibility index (Phi) is 6.44. The molecule has 0 aliphatic rings. The number of alkyl halides is 3. The molecule has 7 heteroatoms. The van der Waals surface area contributed by atoms with Crippen molar-refractivity contribution >= 4 is 6.03 Å². The monoisotopic (exact) mass is 332 g/mol. The molecule has 0 bridgehead atoms. The Labute approximate surface area is 134 Å². The summed E-state index contributed by atoms with van der Waals surface area (Å²) >= 11 is 0. The molecule has 0 fully saturated rings. The number of halogens is 3. The molecule has 2 unspecified atom stereocenters. The van der Waals surface area contributed by atoms with E-state index in [1.54, 1.807) is 14.0 Å². The molecule has 1 rings (SSSR count). The molecule has 0 heterocycles. The average Bonchev–Trinajstić information content (AvgIpc) is 2.42. The number of aliphatic hydroxyl groups is 1.